The van der Waals surface area contributed by atoms with Crippen LogP contribution in [0.1, 0.15) is 32.1 Å². The Bertz CT molecular complexity index is 246. The van der Waals surface area contributed by atoms with Gasteiger partial charge in [0.25, 0.3) is 0 Å². The van der Waals surface area contributed by atoms with E-state index >= 15 is 0 Å². The van der Waals surface area contributed by atoms with Gasteiger partial charge in [0, 0.05) is 18.6 Å². The second-order valence-corrected chi connectivity index (χ2v) is 4.86. The molecule has 1 aliphatic carbocycles. The average Bonchev–Trinajstić information content (AvgIpc) is 2.77. The third kappa shape index (κ3) is 2.32. The monoisotopic (exact) mass is 207 g/mol. The highest BCUT2D eigenvalue weighted by Gasteiger charge is 2.33. The molecule has 3 atom stereocenters. The molecule has 1 aliphatic heterocycles. The second kappa shape index (κ2) is 4.96. The maximum absolute atomic E-state index is 8.91. The number of hydrogen-bond acceptors (Lipinski definition) is 3. The first-order valence-electron chi connectivity index (χ1n) is 6.16. The molecule has 0 amide bonds. The van der Waals surface area contributed by atoms with Crippen molar-refractivity contribution in [2.24, 2.45) is 5.92 Å². The van der Waals surface area contributed by atoms with E-state index in [4.69, 9.17) is 5.26 Å². The Hall–Kier alpha value is -0.590. The first-order valence-corrected chi connectivity index (χ1v) is 6.16. The van der Waals surface area contributed by atoms with E-state index in [9.17, 15) is 0 Å². The fraction of sp³-hybridized carbons (Fsp3) is 0.917. The van der Waals surface area contributed by atoms with E-state index in [1.165, 1.54) is 25.7 Å². The fourth-order valence-electron chi connectivity index (χ4n) is 3.08. The Labute approximate surface area is 92.4 Å². The lowest BCUT2D eigenvalue weighted by molar-refractivity contribution is 0.150. The van der Waals surface area contributed by atoms with Crippen LogP contribution in [0, 0.1) is 17.2 Å². The van der Waals surface area contributed by atoms with Crippen LogP contribution < -0.4 is 5.32 Å². The quantitative estimate of drug-likeness (QED) is 0.743. The predicted octanol–water partition coefficient (Wildman–Crippen LogP) is 1.36. The molecule has 0 aromatic rings. The lowest BCUT2D eigenvalue weighted by atomic mass is 9.89. The lowest BCUT2D eigenvalue weighted by Crippen LogP contribution is -2.50. The van der Waals surface area contributed by atoms with Gasteiger partial charge in [0.1, 0.15) is 0 Å². The zero-order valence-corrected chi connectivity index (χ0v) is 9.58. The summed E-state index contributed by atoms with van der Waals surface area (Å²) in [6, 6.07) is 3.74. The van der Waals surface area contributed by atoms with Crippen LogP contribution in [0.25, 0.3) is 0 Å². The van der Waals surface area contributed by atoms with Crippen molar-refractivity contribution in [2.75, 3.05) is 20.1 Å². The van der Waals surface area contributed by atoms with Crippen molar-refractivity contribution in [3.05, 3.63) is 0 Å². The van der Waals surface area contributed by atoms with Crippen molar-refractivity contribution in [1.29, 1.82) is 5.26 Å². The molecule has 0 radical (unpaired) electrons. The molecule has 0 spiro atoms. The third-order valence-corrected chi connectivity index (χ3v) is 3.97. The van der Waals surface area contributed by atoms with Gasteiger partial charge < -0.3 is 5.32 Å². The van der Waals surface area contributed by atoms with Crippen molar-refractivity contribution in [2.45, 2.75) is 44.2 Å². The van der Waals surface area contributed by atoms with Crippen LogP contribution in [0.2, 0.25) is 0 Å². The molecule has 2 rings (SSSR count). The molecule has 3 heteroatoms. The number of nitrogens with one attached hydrogen (secondary N) is 1. The Morgan fingerprint density at radius 1 is 1.27 bits per heavy atom. The van der Waals surface area contributed by atoms with Crippen molar-refractivity contribution in [1.82, 2.24) is 10.2 Å². The Balaban J connectivity index is 1.94. The van der Waals surface area contributed by atoms with E-state index in [0.29, 0.717) is 12.1 Å². The van der Waals surface area contributed by atoms with Crippen LogP contribution in [0.4, 0.5) is 0 Å². The zero-order valence-electron chi connectivity index (χ0n) is 9.58. The van der Waals surface area contributed by atoms with Gasteiger partial charge >= 0.3 is 0 Å². The number of rotatable bonds is 2. The summed E-state index contributed by atoms with van der Waals surface area (Å²) < 4.78 is 0. The SMILES string of the molecule is CN[C@H]1CCCC[C@@H]1N1CC[C@H](C#N)C1. The molecule has 2 fully saturated rings. The predicted molar refractivity (Wildman–Crippen MR) is 60.4 cm³/mol. The minimum atomic E-state index is 0.282. The maximum Gasteiger partial charge on any atom is 0.0669 e. The summed E-state index contributed by atoms with van der Waals surface area (Å²) in [7, 11) is 2.07. The summed E-state index contributed by atoms with van der Waals surface area (Å²) in [5, 5.41) is 12.4. The summed E-state index contributed by atoms with van der Waals surface area (Å²) in [4.78, 5) is 2.54. The molecule has 1 heterocycles. The van der Waals surface area contributed by atoms with Crippen LogP contribution in [0.3, 0.4) is 0 Å². The third-order valence-electron chi connectivity index (χ3n) is 3.97. The Kier molecular flexibility index (Phi) is 3.61. The van der Waals surface area contributed by atoms with E-state index in [1.807, 2.05) is 0 Å². The summed E-state index contributed by atoms with van der Waals surface area (Å²) in [6.07, 6.45) is 6.40. The van der Waals surface area contributed by atoms with Crippen LogP contribution in [-0.4, -0.2) is 37.1 Å². The Morgan fingerprint density at radius 3 is 2.73 bits per heavy atom. The molecule has 0 unspecified atom stereocenters. The molecule has 0 aromatic heterocycles. The largest absolute Gasteiger partial charge is 0.315 e. The van der Waals surface area contributed by atoms with Crippen LogP contribution >= 0.6 is 0 Å². The van der Waals surface area contributed by atoms with Crippen molar-refractivity contribution >= 4 is 0 Å². The molecule has 0 aromatic carbocycles. The molecule has 1 saturated heterocycles. The average molecular weight is 207 g/mol. The highest BCUT2D eigenvalue weighted by atomic mass is 15.2. The van der Waals surface area contributed by atoms with Gasteiger partial charge in [0.05, 0.1) is 12.0 Å². The molecule has 0 bridgehead atoms. The molecular weight excluding hydrogens is 186 g/mol. The van der Waals surface area contributed by atoms with E-state index in [2.05, 4.69) is 23.3 Å². The normalized spacial score (nSPS) is 37.7. The highest BCUT2D eigenvalue weighted by Crippen LogP contribution is 2.27. The van der Waals surface area contributed by atoms with Gasteiger partial charge in [-0.1, -0.05) is 12.8 Å². The minimum absolute atomic E-state index is 0.282. The first kappa shape index (κ1) is 10.9. The topological polar surface area (TPSA) is 39.1 Å². The standard InChI is InChI=1S/C12H21N3/c1-14-11-4-2-3-5-12(11)15-7-6-10(8-13)9-15/h10-12,14H,2-7,9H2,1H3/t10-,11+,12+/m1/s1. The summed E-state index contributed by atoms with van der Waals surface area (Å²) >= 11 is 0. The van der Waals surface area contributed by atoms with Gasteiger partial charge in [-0.3, -0.25) is 4.90 Å². The number of likely N-dealkylation sites (N-methyl/N-ethyl adjacent to an activating group) is 1. The van der Waals surface area contributed by atoms with Gasteiger partial charge in [-0.2, -0.15) is 5.26 Å². The molecule has 84 valence electrons. The molecule has 2 aliphatic rings. The zero-order chi connectivity index (χ0) is 10.7. The van der Waals surface area contributed by atoms with E-state index in [-0.39, 0.29) is 5.92 Å². The second-order valence-electron chi connectivity index (χ2n) is 4.86. The summed E-state index contributed by atoms with van der Waals surface area (Å²) in [5.74, 6) is 0.282. The molecule has 1 saturated carbocycles. The van der Waals surface area contributed by atoms with E-state index in [0.717, 1.165) is 19.5 Å². The van der Waals surface area contributed by atoms with E-state index in [1.54, 1.807) is 0 Å². The van der Waals surface area contributed by atoms with Gasteiger partial charge in [0.2, 0.25) is 0 Å². The van der Waals surface area contributed by atoms with Gasteiger partial charge in [-0.05, 0) is 32.9 Å². The lowest BCUT2D eigenvalue weighted by Gasteiger charge is -2.37. The van der Waals surface area contributed by atoms with Crippen LogP contribution in [0.15, 0.2) is 0 Å². The highest BCUT2D eigenvalue weighted by molar-refractivity contribution is 4.96. The maximum atomic E-state index is 8.91. The minimum Gasteiger partial charge on any atom is -0.315 e. The number of hydrogen-bond donors (Lipinski definition) is 1. The van der Waals surface area contributed by atoms with Gasteiger partial charge in [-0.15, -0.1) is 0 Å². The van der Waals surface area contributed by atoms with Gasteiger partial charge in [-0.25, -0.2) is 0 Å². The van der Waals surface area contributed by atoms with Crippen molar-refractivity contribution < 1.29 is 0 Å². The number of nitriles is 1. The summed E-state index contributed by atoms with van der Waals surface area (Å²) in [5.41, 5.74) is 0. The number of likely N-dealkylation sites (tertiary alicyclic amines) is 1. The molecule has 15 heavy (non-hydrogen) atoms. The molecular formula is C12H21N3. The first-order chi connectivity index (χ1) is 7.35. The molecule has 3 nitrogen and oxygen atoms in total. The Morgan fingerprint density at radius 2 is 2.07 bits per heavy atom. The van der Waals surface area contributed by atoms with E-state index < -0.39 is 0 Å². The van der Waals surface area contributed by atoms with Crippen LogP contribution in [0.5, 0.6) is 0 Å². The smallest absolute Gasteiger partial charge is 0.0669 e. The van der Waals surface area contributed by atoms with Crippen LogP contribution in [-0.2, 0) is 0 Å². The fourth-order valence-corrected chi connectivity index (χ4v) is 3.08. The van der Waals surface area contributed by atoms with Gasteiger partial charge in [0.15, 0.2) is 0 Å². The summed E-state index contributed by atoms with van der Waals surface area (Å²) in [6.45, 7) is 2.13. The van der Waals surface area contributed by atoms with Crippen molar-refractivity contribution in [3.63, 3.8) is 0 Å². The number of nitrogens with zero attached hydrogens (tertiary/aromatic N) is 2. The van der Waals surface area contributed by atoms with Crippen molar-refractivity contribution in [3.8, 4) is 6.07 Å². The molecule has 1 N–H and O–H groups in total.